The van der Waals surface area contributed by atoms with Gasteiger partial charge in [0.25, 0.3) is 5.91 Å². The molecule has 2 heterocycles. The molecule has 0 radical (unpaired) electrons. The number of carbonyl (C=O) groups is 3. The number of aryl methyl sites for hydroxylation is 1. The third kappa shape index (κ3) is 7.19. The number of para-hydroxylation sites is 1. The molecule has 4 aromatic rings. The molecular formula is C38H38N2O6. The summed E-state index contributed by atoms with van der Waals surface area (Å²) >= 11 is 0. The summed E-state index contributed by atoms with van der Waals surface area (Å²) in [4.78, 5) is 45.3. The number of likely N-dealkylation sites (tertiary alicyclic amines) is 1. The van der Waals surface area contributed by atoms with E-state index in [1.54, 1.807) is 23.1 Å². The lowest BCUT2D eigenvalue weighted by molar-refractivity contribution is -0.140. The summed E-state index contributed by atoms with van der Waals surface area (Å²) in [7, 11) is 0. The zero-order valence-electron chi connectivity index (χ0n) is 26.0. The van der Waals surface area contributed by atoms with Crippen LogP contribution in [0.3, 0.4) is 0 Å². The van der Waals surface area contributed by atoms with Gasteiger partial charge in [-0.15, -0.1) is 0 Å². The fourth-order valence-electron chi connectivity index (χ4n) is 6.16. The van der Waals surface area contributed by atoms with Crippen molar-refractivity contribution in [3.63, 3.8) is 0 Å². The Morgan fingerprint density at radius 1 is 0.826 bits per heavy atom. The van der Waals surface area contributed by atoms with Crippen LogP contribution in [0.5, 0.6) is 17.2 Å². The molecule has 46 heavy (non-hydrogen) atoms. The average molecular weight is 619 g/mol. The van der Waals surface area contributed by atoms with Gasteiger partial charge in [0.05, 0.1) is 19.3 Å². The second kappa shape index (κ2) is 14.5. The first-order chi connectivity index (χ1) is 22.5. The molecule has 0 spiro atoms. The fraction of sp³-hybridized carbons (Fsp3) is 0.289. The van der Waals surface area contributed by atoms with Crippen molar-refractivity contribution in [2.75, 3.05) is 39.4 Å². The Balaban J connectivity index is 1.26. The highest BCUT2D eigenvalue weighted by Gasteiger charge is 2.51. The van der Waals surface area contributed by atoms with Gasteiger partial charge in [0.2, 0.25) is 5.78 Å². The number of nitrogens with zero attached hydrogens (tertiary/aromatic N) is 2. The molecule has 2 aliphatic rings. The molecule has 0 saturated carbocycles. The maximum absolute atomic E-state index is 14.2. The van der Waals surface area contributed by atoms with Gasteiger partial charge in [-0.05, 0) is 72.5 Å². The Hall–Kier alpha value is -4.79. The highest BCUT2D eigenvalue weighted by molar-refractivity contribution is 6.44. The van der Waals surface area contributed by atoms with Crippen molar-refractivity contribution in [3.05, 3.63) is 125 Å². The lowest BCUT2D eigenvalue weighted by Crippen LogP contribution is -2.39. The number of hydrogen-bond donors (Lipinski definition) is 0. The highest BCUT2D eigenvalue weighted by atomic mass is 16.5. The van der Waals surface area contributed by atoms with E-state index in [0.29, 0.717) is 61.2 Å². The van der Waals surface area contributed by atoms with Gasteiger partial charge in [0, 0.05) is 31.7 Å². The molecular weight excluding hydrogens is 580 g/mol. The van der Waals surface area contributed by atoms with Crippen molar-refractivity contribution in [1.29, 1.82) is 0 Å². The minimum atomic E-state index is -1.18. The molecule has 0 aliphatic carbocycles. The predicted molar refractivity (Wildman–Crippen MR) is 174 cm³/mol. The zero-order chi connectivity index (χ0) is 31.9. The summed E-state index contributed by atoms with van der Waals surface area (Å²) in [6.07, 6.45) is 0.670. The monoisotopic (exact) mass is 618 g/mol. The topological polar surface area (TPSA) is 85.4 Å². The molecule has 236 valence electrons. The molecule has 2 fully saturated rings. The van der Waals surface area contributed by atoms with E-state index in [9.17, 15) is 14.4 Å². The van der Waals surface area contributed by atoms with E-state index in [1.165, 1.54) is 0 Å². The second-order valence-electron chi connectivity index (χ2n) is 11.7. The number of ether oxygens (including phenoxy) is 3. The van der Waals surface area contributed by atoms with Crippen molar-refractivity contribution in [3.8, 4) is 17.2 Å². The minimum Gasteiger partial charge on any atom is -0.489 e. The first kappa shape index (κ1) is 31.2. The molecule has 0 bridgehead atoms. The third-order valence-electron chi connectivity index (χ3n) is 8.54. The van der Waals surface area contributed by atoms with Crippen LogP contribution in [-0.2, 0) is 20.9 Å². The predicted octanol–water partition coefficient (Wildman–Crippen LogP) is 6.04. The van der Waals surface area contributed by atoms with Crippen LogP contribution in [0.15, 0.2) is 103 Å². The Labute approximate surface area is 269 Å². The summed E-state index contributed by atoms with van der Waals surface area (Å²) in [5.74, 6) is -0.994. The molecule has 2 unspecified atom stereocenters. The van der Waals surface area contributed by atoms with Crippen LogP contribution in [0.1, 0.15) is 39.5 Å². The Morgan fingerprint density at radius 3 is 2.28 bits per heavy atom. The van der Waals surface area contributed by atoms with E-state index >= 15 is 0 Å². The number of hydrogen-bond acceptors (Lipinski definition) is 7. The second-order valence-corrected chi connectivity index (χ2v) is 11.7. The van der Waals surface area contributed by atoms with E-state index in [0.717, 1.165) is 30.8 Å². The number of ketones is 2. The summed E-state index contributed by atoms with van der Waals surface area (Å²) in [6.45, 7) is 6.43. The molecule has 6 rings (SSSR count). The van der Waals surface area contributed by atoms with Crippen molar-refractivity contribution in [2.24, 2.45) is 5.92 Å². The summed E-state index contributed by atoms with van der Waals surface area (Å²) in [5, 5.41) is 0. The lowest BCUT2D eigenvalue weighted by atomic mass is 9.86. The van der Waals surface area contributed by atoms with Gasteiger partial charge in [-0.25, -0.2) is 0 Å². The molecule has 0 N–H and O–H groups in total. The number of carbonyl (C=O) groups excluding carboxylic acids is 3. The third-order valence-corrected chi connectivity index (χ3v) is 8.54. The largest absolute Gasteiger partial charge is 0.489 e. The van der Waals surface area contributed by atoms with Crippen LogP contribution in [0.25, 0.3) is 0 Å². The molecule has 2 atom stereocenters. The van der Waals surface area contributed by atoms with Crippen LogP contribution in [0.4, 0.5) is 0 Å². The Kier molecular flexibility index (Phi) is 9.86. The van der Waals surface area contributed by atoms with Gasteiger partial charge in [0.15, 0.2) is 5.78 Å². The van der Waals surface area contributed by atoms with E-state index in [1.807, 2.05) is 91.9 Å². The maximum Gasteiger partial charge on any atom is 0.291 e. The van der Waals surface area contributed by atoms with E-state index in [4.69, 9.17) is 14.2 Å². The molecule has 1 amide bonds. The fourth-order valence-corrected chi connectivity index (χ4v) is 6.16. The van der Waals surface area contributed by atoms with E-state index in [2.05, 4.69) is 4.90 Å². The molecule has 2 aliphatic heterocycles. The Morgan fingerprint density at radius 2 is 1.54 bits per heavy atom. The SMILES string of the molecule is Cc1cc(C(=O)C2C(=O)C(=O)N(CCCN3CCOCC3)C2c2cccc(Oc3ccccc3)c2)ccc1OCc1ccccc1. The first-order valence-corrected chi connectivity index (χ1v) is 15.8. The quantitative estimate of drug-likeness (QED) is 0.109. The Bertz CT molecular complexity index is 1670. The molecule has 2 saturated heterocycles. The maximum atomic E-state index is 14.2. The molecule has 8 nitrogen and oxygen atoms in total. The minimum absolute atomic E-state index is 0.353. The van der Waals surface area contributed by atoms with E-state index < -0.39 is 23.7 Å². The van der Waals surface area contributed by atoms with Gasteiger partial charge in [0.1, 0.15) is 29.8 Å². The standard InChI is InChI=1S/C38H38N2O6/c1-27-24-30(16-17-33(27)45-26-28-10-4-2-5-11-28)36(41)34-35(29-12-8-15-32(25-29)46-31-13-6-3-7-14-31)40(38(43)37(34)42)19-9-18-39-20-22-44-23-21-39/h2-8,10-17,24-25,34-35H,9,18-23,26H2,1H3. The summed E-state index contributed by atoms with van der Waals surface area (Å²) < 4.78 is 17.6. The number of Topliss-reactive ketones (excluding diaryl/α,β-unsaturated/α-hetero) is 2. The zero-order valence-corrected chi connectivity index (χ0v) is 26.0. The van der Waals surface area contributed by atoms with E-state index in [-0.39, 0.29) is 5.78 Å². The van der Waals surface area contributed by atoms with Gasteiger partial charge in [-0.1, -0.05) is 60.7 Å². The van der Waals surface area contributed by atoms with Gasteiger partial charge in [-0.2, -0.15) is 0 Å². The van der Waals surface area contributed by atoms with Crippen LogP contribution < -0.4 is 9.47 Å². The van der Waals surface area contributed by atoms with Crippen LogP contribution in [0, 0.1) is 12.8 Å². The van der Waals surface area contributed by atoms with Gasteiger partial charge < -0.3 is 19.1 Å². The van der Waals surface area contributed by atoms with Crippen molar-refractivity contribution in [2.45, 2.75) is 26.0 Å². The summed E-state index contributed by atoms with van der Waals surface area (Å²) in [5.41, 5.74) is 2.85. The van der Waals surface area contributed by atoms with Crippen molar-refractivity contribution < 1.29 is 28.6 Å². The first-order valence-electron chi connectivity index (χ1n) is 15.8. The van der Waals surface area contributed by atoms with Crippen molar-refractivity contribution >= 4 is 17.5 Å². The number of benzene rings is 4. The molecule has 8 heteroatoms. The highest BCUT2D eigenvalue weighted by Crippen LogP contribution is 2.40. The number of rotatable bonds is 12. The van der Waals surface area contributed by atoms with Crippen LogP contribution >= 0.6 is 0 Å². The number of morpholine rings is 1. The normalized spacial score (nSPS) is 18.5. The lowest BCUT2D eigenvalue weighted by Gasteiger charge is -2.30. The van der Waals surface area contributed by atoms with Gasteiger partial charge in [-0.3, -0.25) is 19.3 Å². The molecule has 4 aromatic carbocycles. The van der Waals surface area contributed by atoms with Crippen LogP contribution in [-0.4, -0.2) is 66.7 Å². The van der Waals surface area contributed by atoms with Crippen LogP contribution in [0.2, 0.25) is 0 Å². The van der Waals surface area contributed by atoms with Gasteiger partial charge >= 0.3 is 0 Å². The van der Waals surface area contributed by atoms with Crippen molar-refractivity contribution in [1.82, 2.24) is 9.80 Å². The molecule has 0 aromatic heterocycles. The number of amides is 1. The summed E-state index contributed by atoms with van der Waals surface area (Å²) in [6, 6.07) is 31.0. The smallest absolute Gasteiger partial charge is 0.291 e. The average Bonchev–Trinajstić information content (AvgIpc) is 3.34.